The van der Waals surface area contributed by atoms with E-state index in [9.17, 15) is 9.59 Å². The van der Waals surface area contributed by atoms with Gasteiger partial charge in [-0.3, -0.25) is 4.79 Å². The number of methoxy groups -OCH3 is 1. The van der Waals surface area contributed by atoms with Gasteiger partial charge in [0.15, 0.2) is 0 Å². The quantitative estimate of drug-likeness (QED) is 0.493. The second-order valence-corrected chi connectivity index (χ2v) is 7.70. The maximum absolute atomic E-state index is 12.3. The predicted molar refractivity (Wildman–Crippen MR) is 114 cm³/mol. The summed E-state index contributed by atoms with van der Waals surface area (Å²) in [5, 5.41) is 13.3. The molecule has 2 atom stereocenters. The van der Waals surface area contributed by atoms with E-state index in [4.69, 9.17) is 4.74 Å². The highest BCUT2D eigenvalue weighted by atomic mass is 32.1. The summed E-state index contributed by atoms with van der Waals surface area (Å²) in [6, 6.07) is 7.01. The number of rotatable bonds is 9. The Morgan fingerprint density at radius 1 is 1.24 bits per heavy atom. The molecule has 9 heteroatoms. The average Bonchev–Trinajstić information content (AvgIpc) is 3.16. The molecule has 0 aliphatic rings. The number of thiazole rings is 1. The Morgan fingerprint density at radius 2 is 1.93 bits per heavy atom. The van der Waals surface area contributed by atoms with Crippen molar-refractivity contribution < 1.29 is 14.3 Å². The van der Waals surface area contributed by atoms with Crippen LogP contribution in [0.2, 0.25) is 0 Å². The second-order valence-electron chi connectivity index (χ2n) is 6.86. The minimum atomic E-state index is -0.666. The molecule has 0 fully saturated rings. The van der Waals surface area contributed by atoms with Crippen LogP contribution in [0.25, 0.3) is 0 Å². The highest BCUT2D eigenvalue weighted by molar-refractivity contribution is 7.13. The molecule has 2 rings (SSSR count). The molecule has 156 valence electrons. The largest absolute Gasteiger partial charge is 0.467 e. The van der Waals surface area contributed by atoms with E-state index in [0.717, 1.165) is 17.8 Å². The van der Waals surface area contributed by atoms with Gasteiger partial charge >= 0.3 is 5.97 Å². The van der Waals surface area contributed by atoms with Crippen molar-refractivity contribution in [2.24, 2.45) is 16.1 Å². The van der Waals surface area contributed by atoms with Crippen molar-refractivity contribution >= 4 is 39.7 Å². The minimum Gasteiger partial charge on any atom is -0.467 e. The van der Waals surface area contributed by atoms with Crippen molar-refractivity contribution in [3.8, 4) is 0 Å². The molecule has 0 saturated carbocycles. The molecule has 0 aliphatic heterocycles. The van der Waals surface area contributed by atoms with E-state index in [0.29, 0.717) is 10.8 Å². The van der Waals surface area contributed by atoms with E-state index in [1.54, 1.807) is 5.38 Å². The first-order valence-electron chi connectivity index (χ1n) is 9.34. The van der Waals surface area contributed by atoms with Gasteiger partial charge in [-0.25, -0.2) is 9.78 Å². The molecule has 0 spiro atoms. The number of nitrogens with one attached hydrogen (secondary N) is 1. The van der Waals surface area contributed by atoms with Crippen LogP contribution in [0.3, 0.4) is 0 Å². The van der Waals surface area contributed by atoms with Gasteiger partial charge in [0.1, 0.15) is 6.04 Å². The van der Waals surface area contributed by atoms with Crippen molar-refractivity contribution in [1.82, 2.24) is 10.3 Å². The van der Waals surface area contributed by atoms with Crippen LogP contribution in [0.4, 0.5) is 16.5 Å². The number of carbonyl (C=O) groups excluding carboxylic acids is 2. The third-order valence-corrected chi connectivity index (χ3v) is 5.26. The third-order valence-electron chi connectivity index (χ3n) is 4.48. The van der Waals surface area contributed by atoms with Gasteiger partial charge in [-0.1, -0.05) is 20.3 Å². The molecule has 1 N–H and O–H groups in total. The topological polar surface area (TPSA) is 96.3 Å². The summed E-state index contributed by atoms with van der Waals surface area (Å²) in [5.74, 6) is -0.750. The molecule has 1 amide bonds. The summed E-state index contributed by atoms with van der Waals surface area (Å²) >= 11 is 1.31. The zero-order chi connectivity index (χ0) is 21.4. The van der Waals surface area contributed by atoms with Gasteiger partial charge in [-0.05, 0) is 30.2 Å². The Labute approximate surface area is 175 Å². The minimum absolute atomic E-state index is 0.0231. The van der Waals surface area contributed by atoms with Gasteiger partial charge in [-0.15, -0.1) is 21.6 Å². The highest BCUT2D eigenvalue weighted by Gasteiger charge is 2.26. The number of ether oxygens (including phenoxy) is 1. The lowest BCUT2D eigenvalue weighted by Gasteiger charge is -2.21. The molecule has 2 aromatic rings. The van der Waals surface area contributed by atoms with Crippen LogP contribution in [0, 0.1) is 5.92 Å². The summed E-state index contributed by atoms with van der Waals surface area (Å²) in [6.45, 7) is 3.85. The van der Waals surface area contributed by atoms with Crippen LogP contribution < -0.4 is 10.2 Å². The number of hydrogen-bond donors (Lipinski definition) is 1. The second kappa shape index (κ2) is 10.7. The normalized spacial score (nSPS) is 13.1. The maximum atomic E-state index is 12.3. The van der Waals surface area contributed by atoms with Crippen molar-refractivity contribution in [2.45, 2.75) is 32.7 Å². The Kier molecular flexibility index (Phi) is 8.26. The molecule has 0 aliphatic carbocycles. The third kappa shape index (κ3) is 6.63. The summed E-state index contributed by atoms with van der Waals surface area (Å²) in [7, 11) is 5.26. The van der Waals surface area contributed by atoms with Crippen LogP contribution in [0.15, 0.2) is 39.9 Å². The first kappa shape index (κ1) is 22.5. The summed E-state index contributed by atoms with van der Waals surface area (Å²) in [6.07, 6.45) is 0.810. The molecule has 8 nitrogen and oxygen atoms in total. The lowest BCUT2D eigenvalue weighted by Crippen LogP contribution is -2.46. The number of aromatic nitrogens is 1. The average molecular weight is 418 g/mol. The fraction of sp³-hybridized carbons (Fsp3) is 0.450. The zero-order valence-electron chi connectivity index (χ0n) is 17.4. The van der Waals surface area contributed by atoms with Crippen molar-refractivity contribution in [2.75, 3.05) is 26.1 Å². The van der Waals surface area contributed by atoms with Gasteiger partial charge in [0.25, 0.3) is 0 Å². The van der Waals surface area contributed by atoms with E-state index < -0.39 is 12.0 Å². The molecule has 0 unspecified atom stereocenters. The number of anilines is 1. The summed E-state index contributed by atoms with van der Waals surface area (Å²) in [4.78, 5) is 30.6. The Hall–Kier alpha value is -2.81. The SMILES string of the molecule is CC[C@H](C)[C@H](NC(=O)Cc1csc(N=Nc2ccc(N(C)C)cc2)n1)C(=O)OC. The van der Waals surface area contributed by atoms with Gasteiger partial charge in [-0.2, -0.15) is 0 Å². The van der Waals surface area contributed by atoms with Crippen molar-refractivity contribution in [3.63, 3.8) is 0 Å². The molecule has 0 radical (unpaired) electrons. The Morgan fingerprint density at radius 3 is 2.52 bits per heavy atom. The number of amides is 1. The Balaban J connectivity index is 1.96. The highest BCUT2D eigenvalue weighted by Crippen LogP contribution is 2.24. The maximum Gasteiger partial charge on any atom is 0.328 e. The molecular weight excluding hydrogens is 390 g/mol. The number of azo groups is 1. The number of esters is 1. The van der Waals surface area contributed by atoms with E-state index in [-0.39, 0.29) is 18.2 Å². The van der Waals surface area contributed by atoms with E-state index in [2.05, 4.69) is 20.5 Å². The van der Waals surface area contributed by atoms with E-state index in [1.807, 2.05) is 57.1 Å². The molecular formula is C20H27N5O3S. The lowest BCUT2D eigenvalue weighted by molar-refractivity contribution is -0.146. The van der Waals surface area contributed by atoms with Crippen LogP contribution in [0.5, 0.6) is 0 Å². The fourth-order valence-electron chi connectivity index (χ4n) is 2.53. The standard InChI is InChI=1S/C20H27N5O3S/c1-6-13(2)18(19(27)28-5)22-17(26)11-15-12-29-20(21-15)24-23-14-7-9-16(10-8-14)25(3)4/h7-10,12-13,18H,6,11H2,1-5H3,(H,22,26)/t13-,18-/m0/s1. The monoisotopic (exact) mass is 417 g/mol. The first-order valence-corrected chi connectivity index (χ1v) is 10.2. The van der Waals surface area contributed by atoms with E-state index in [1.165, 1.54) is 18.4 Å². The van der Waals surface area contributed by atoms with E-state index >= 15 is 0 Å². The van der Waals surface area contributed by atoms with Gasteiger partial charge in [0, 0.05) is 25.2 Å². The molecule has 0 bridgehead atoms. The number of benzene rings is 1. The molecule has 29 heavy (non-hydrogen) atoms. The van der Waals surface area contributed by atoms with Gasteiger partial charge < -0.3 is 15.0 Å². The summed E-state index contributed by atoms with van der Waals surface area (Å²) < 4.78 is 4.79. The predicted octanol–water partition coefficient (Wildman–Crippen LogP) is 3.87. The van der Waals surface area contributed by atoms with Crippen molar-refractivity contribution in [1.29, 1.82) is 0 Å². The molecule has 1 aromatic heterocycles. The lowest BCUT2D eigenvalue weighted by atomic mass is 9.99. The fourth-order valence-corrected chi connectivity index (χ4v) is 3.16. The molecule has 1 heterocycles. The zero-order valence-corrected chi connectivity index (χ0v) is 18.2. The van der Waals surface area contributed by atoms with Crippen LogP contribution in [-0.4, -0.2) is 44.1 Å². The molecule has 0 saturated heterocycles. The van der Waals surface area contributed by atoms with Crippen LogP contribution in [0.1, 0.15) is 26.0 Å². The van der Waals surface area contributed by atoms with Gasteiger partial charge in [0.2, 0.25) is 11.0 Å². The summed E-state index contributed by atoms with van der Waals surface area (Å²) in [5.41, 5.74) is 2.38. The Bertz CT molecular complexity index is 848. The molecule has 1 aromatic carbocycles. The first-order chi connectivity index (χ1) is 13.8. The van der Waals surface area contributed by atoms with Crippen LogP contribution in [-0.2, 0) is 20.7 Å². The smallest absolute Gasteiger partial charge is 0.328 e. The van der Waals surface area contributed by atoms with Crippen molar-refractivity contribution in [3.05, 3.63) is 35.3 Å². The van der Waals surface area contributed by atoms with Crippen LogP contribution >= 0.6 is 11.3 Å². The number of hydrogen-bond acceptors (Lipinski definition) is 8. The van der Waals surface area contributed by atoms with Gasteiger partial charge in [0.05, 0.1) is 24.9 Å². The number of nitrogens with zero attached hydrogens (tertiary/aromatic N) is 4. The number of carbonyl (C=O) groups is 2.